The molecule has 0 N–H and O–H groups in total. The van der Waals surface area contributed by atoms with Crippen LogP contribution in [-0.4, -0.2) is 4.98 Å². The first kappa shape index (κ1) is 11.5. The fraction of sp³-hybridized carbons (Fsp3) is 0.0556. The van der Waals surface area contributed by atoms with Crippen molar-refractivity contribution >= 4 is 10.8 Å². The summed E-state index contributed by atoms with van der Waals surface area (Å²) in [5, 5.41) is 2.27. The Morgan fingerprint density at radius 2 is 1.63 bits per heavy atom. The van der Waals surface area contributed by atoms with Crippen molar-refractivity contribution in [3.63, 3.8) is 0 Å². The van der Waals surface area contributed by atoms with Gasteiger partial charge in [0.2, 0.25) is 0 Å². The van der Waals surface area contributed by atoms with Gasteiger partial charge in [0.25, 0.3) is 0 Å². The fourth-order valence-electron chi connectivity index (χ4n) is 1.99. The van der Waals surface area contributed by atoms with E-state index < -0.39 is 0 Å². The largest absolute Gasteiger partial charge is 0.247 e. The van der Waals surface area contributed by atoms with Gasteiger partial charge >= 0.3 is 0 Å². The maximum absolute atomic E-state index is 4.37. The summed E-state index contributed by atoms with van der Waals surface area (Å²) in [4.78, 5) is 4.37. The van der Waals surface area contributed by atoms with Crippen LogP contribution in [0.4, 0.5) is 0 Å². The van der Waals surface area contributed by atoms with Crippen molar-refractivity contribution in [2.24, 2.45) is 0 Å². The summed E-state index contributed by atoms with van der Waals surface area (Å²) in [6.07, 6.45) is 1.81. The Morgan fingerprint density at radius 1 is 0.842 bits per heavy atom. The number of aryl methyl sites for hydroxylation is 1. The van der Waals surface area contributed by atoms with E-state index in [1.54, 1.807) is 0 Å². The zero-order valence-corrected chi connectivity index (χ0v) is 10.7. The molecule has 1 heterocycles. The molecule has 3 aromatic rings. The van der Waals surface area contributed by atoms with Gasteiger partial charge in [-0.05, 0) is 36.4 Å². The molecule has 0 radical (unpaired) electrons. The number of aromatic nitrogens is 1. The highest BCUT2D eigenvalue weighted by molar-refractivity contribution is 5.86. The summed E-state index contributed by atoms with van der Waals surface area (Å²) in [7, 11) is 0. The Bertz CT molecular complexity index is 769. The van der Waals surface area contributed by atoms with Crippen molar-refractivity contribution in [3.8, 4) is 11.8 Å². The molecule has 0 aliphatic rings. The second-order valence-corrected chi connectivity index (χ2v) is 4.50. The third-order valence-electron chi connectivity index (χ3n) is 3.05. The third kappa shape index (κ3) is 2.48. The lowest BCUT2D eigenvalue weighted by Crippen LogP contribution is -1.84. The molecule has 0 atom stereocenters. The van der Waals surface area contributed by atoms with E-state index in [2.05, 4.69) is 48.0 Å². The van der Waals surface area contributed by atoms with Crippen molar-refractivity contribution in [1.29, 1.82) is 0 Å². The number of hydrogen-bond donors (Lipinski definition) is 0. The molecular weight excluding hydrogens is 230 g/mol. The van der Waals surface area contributed by atoms with Crippen molar-refractivity contribution in [2.75, 3.05) is 0 Å². The second-order valence-electron chi connectivity index (χ2n) is 4.50. The average molecular weight is 243 g/mol. The molecule has 3 rings (SSSR count). The summed E-state index contributed by atoms with van der Waals surface area (Å²) in [6.45, 7) is 2.07. The molecule has 0 aliphatic carbocycles. The Labute approximate surface area is 112 Å². The lowest BCUT2D eigenvalue weighted by atomic mass is 10.1. The highest BCUT2D eigenvalue weighted by Gasteiger charge is 1.97. The van der Waals surface area contributed by atoms with Gasteiger partial charge in [-0.3, -0.25) is 0 Å². The number of hydrogen-bond acceptors (Lipinski definition) is 1. The maximum atomic E-state index is 4.37. The fourth-order valence-corrected chi connectivity index (χ4v) is 1.99. The van der Waals surface area contributed by atoms with Crippen LogP contribution in [0.15, 0.2) is 60.8 Å². The lowest BCUT2D eigenvalue weighted by Gasteiger charge is -1.98. The standard InChI is InChI=1S/C18H13N/c1-14-6-8-15(9-7-14)10-11-18-17-5-3-2-4-16(17)12-13-19-18/h2-9,12-13H,1H3. The summed E-state index contributed by atoms with van der Waals surface area (Å²) >= 11 is 0. The highest BCUT2D eigenvalue weighted by Crippen LogP contribution is 2.15. The molecule has 1 heteroatoms. The van der Waals surface area contributed by atoms with E-state index in [9.17, 15) is 0 Å². The van der Waals surface area contributed by atoms with Gasteiger partial charge in [-0.1, -0.05) is 47.9 Å². The van der Waals surface area contributed by atoms with Gasteiger partial charge in [-0.15, -0.1) is 0 Å². The van der Waals surface area contributed by atoms with Crippen molar-refractivity contribution in [1.82, 2.24) is 4.98 Å². The van der Waals surface area contributed by atoms with Crippen molar-refractivity contribution in [3.05, 3.63) is 77.6 Å². The molecule has 0 bridgehead atoms. The summed E-state index contributed by atoms with van der Waals surface area (Å²) in [6, 6.07) is 18.4. The normalized spacial score (nSPS) is 9.95. The maximum Gasteiger partial charge on any atom is 0.121 e. The van der Waals surface area contributed by atoms with Gasteiger partial charge < -0.3 is 0 Å². The van der Waals surface area contributed by atoms with E-state index in [4.69, 9.17) is 0 Å². The van der Waals surface area contributed by atoms with Gasteiger partial charge in [0.05, 0.1) is 0 Å². The minimum absolute atomic E-state index is 0.832. The molecule has 1 aromatic heterocycles. The van der Waals surface area contributed by atoms with E-state index in [-0.39, 0.29) is 0 Å². The molecule has 90 valence electrons. The zero-order valence-electron chi connectivity index (χ0n) is 10.7. The van der Waals surface area contributed by atoms with E-state index in [1.807, 2.05) is 36.5 Å². The molecule has 1 nitrogen and oxygen atoms in total. The predicted molar refractivity (Wildman–Crippen MR) is 78.9 cm³/mol. The van der Waals surface area contributed by atoms with Crippen LogP contribution in [0.2, 0.25) is 0 Å². The second kappa shape index (κ2) is 4.96. The first-order valence-corrected chi connectivity index (χ1v) is 6.25. The molecule has 0 unspecified atom stereocenters. The molecule has 0 aliphatic heterocycles. The topological polar surface area (TPSA) is 12.9 Å². The van der Waals surface area contributed by atoms with Crippen LogP contribution in [0.25, 0.3) is 10.8 Å². The molecule has 0 fully saturated rings. The third-order valence-corrected chi connectivity index (χ3v) is 3.05. The van der Waals surface area contributed by atoms with Gasteiger partial charge in [-0.2, -0.15) is 0 Å². The summed E-state index contributed by atoms with van der Waals surface area (Å²) in [5.74, 6) is 6.33. The molecule has 2 aromatic carbocycles. The summed E-state index contributed by atoms with van der Waals surface area (Å²) in [5.41, 5.74) is 3.09. The minimum atomic E-state index is 0.832. The first-order chi connectivity index (χ1) is 9.33. The van der Waals surface area contributed by atoms with E-state index in [0.717, 1.165) is 16.6 Å². The monoisotopic (exact) mass is 243 g/mol. The van der Waals surface area contributed by atoms with Crippen LogP contribution in [-0.2, 0) is 0 Å². The molecule has 19 heavy (non-hydrogen) atoms. The Balaban J connectivity index is 2.05. The van der Waals surface area contributed by atoms with Gasteiger partial charge in [0.1, 0.15) is 5.69 Å². The number of benzene rings is 2. The Hall–Kier alpha value is -2.59. The SMILES string of the molecule is Cc1ccc(C#Cc2nccc3ccccc23)cc1. The van der Waals surface area contributed by atoms with Crippen LogP contribution in [0.3, 0.4) is 0 Å². The Kier molecular flexibility index (Phi) is 3.00. The van der Waals surface area contributed by atoms with Gasteiger partial charge in [0, 0.05) is 17.1 Å². The quantitative estimate of drug-likeness (QED) is 0.545. The van der Waals surface area contributed by atoms with E-state index >= 15 is 0 Å². The first-order valence-electron chi connectivity index (χ1n) is 6.25. The molecular formula is C18H13N. The predicted octanol–water partition coefficient (Wildman–Crippen LogP) is 3.94. The highest BCUT2D eigenvalue weighted by atomic mass is 14.7. The number of pyridine rings is 1. The van der Waals surface area contributed by atoms with Crippen LogP contribution >= 0.6 is 0 Å². The van der Waals surface area contributed by atoms with Gasteiger partial charge in [0.15, 0.2) is 0 Å². The van der Waals surface area contributed by atoms with Crippen LogP contribution in [0, 0.1) is 18.8 Å². The molecule has 0 saturated carbocycles. The van der Waals surface area contributed by atoms with Crippen molar-refractivity contribution in [2.45, 2.75) is 6.92 Å². The van der Waals surface area contributed by atoms with Gasteiger partial charge in [-0.25, -0.2) is 4.98 Å². The van der Waals surface area contributed by atoms with Crippen LogP contribution < -0.4 is 0 Å². The molecule has 0 amide bonds. The van der Waals surface area contributed by atoms with Crippen molar-refractivity contribution < 1.29 is 0 Å². The average Bonchev–Trinajstić information content (AvgIpc) is 2.47. The van der Waals surface area contributed by atoms with E-state index in [0.29, 0.717) is 0 Å². The number of nitrogens with zero attached hydrogens (tertiary/aromatic N) is 1. The zero-order chi connectivity index (χ0) is 13.1. The molecule has 0 spiro atoms. The van der Waals surface area contributed by atoms with E-state index in [1.165, 1.54) is 10.9 Å². The summed E-state index contributed by atoms with van der Waals surface area (Å²) < 4.78 is 0. The molecule has 0 saturated heterocycles. The lowest BCUT2D eigenvalue weighted by molar-refractivity contribution is 1.32. The number of fused-ring (bicyclic) bond motifs is 1. The van der Waals surface area contributed by atoms with Crippen LogP contribution in [0.1, 0.15) is 16.8 Å². The minimum Gasteiger partial charge on any atom is -0.247 e. The Morgan fingerprint density at radius 3 is 2.47 bits per heavy atom. The van der Waals surface area contributed by atoms with Crippen LogP contribution in [0.5, 0.6) is 0 Å². The number of rotatable bonds is 0. The smallest absolute Gasteiger partial charge is 0.121 e.